The van der Waals surface area contributed by atoms with Crippen LogP contribution < -0.4 is 5.32 Å². The molecule has 4 nitrogen and oxygen atoms in total. The summed E-state index contributed by atoms with van der Waals surface area (Å²) in [6, 6.07) is 17.3. The second-order valence-corrected chi connectivity index (χ2v) is 6.86. The van der Waals surface area contributed by atoms with Crippen LogP contribution in [0, 0.1) is 0 Å². The normalized spacial score (nSPS) is 13.7. The molecule has 0 aromatic heterocycles. The summed E-state index contributed by atoms with van der Waals surface area (Å²) in [5.74, 6) is 0. The van der Waals surface area contributed by atoms with Gasteiger partial charge in [-0.1, -0.05) is 54.6 Å². The van der Waals surface area contributed by atoms with E-state index in [0.29, 0.717) is 0 Å². The van der Waals surface area contributed by atoms with Crippen LogP contribution in [0.2, 0.25) is 0 Å². The molecule has 126 valence electrons. The van der Waals surface area contributed by atoms with Crippen molar-refractivity contribution in [1.29, 1.82) is 0 Å². The van der Waals surface area contributed by atoms with Gasteiger partial charge in [0, 0.05) is 0 Å². The first kappa shape index (κ1) is 17.7. The zero-order valence-electron chi connectivity index (χ0n) is 14.5. The van der Waals surface area contributed by atoms with E-state index >= 15 is 0 Å². The minimum absolute atomic E-state index is 0.625. The number of benzene rings is 2. The highest BCUT2D eigenvalue weighted by Crippen LogP contribution is 2.31. The minimum atomic E-state index is -1.19. The van der Waals surface area contributed by atoms with Crippen molar-refractivity contribution in [3.8, 4) is 11.1 Å². The van der Waals surface area contributed by atoms with Crippen LogP contribution in [-0.4, -0.2) is 18.0 Å². The van der Waals surface area contributed by atoms with Crippen LogP contribution >= 0.6 is 0 Å². The Morgan fingerprint density at radius 1 is 0.958 bits per heavy atom. The molecule has 1 amide bonds. The van der Waals surface area contributed by atoms with Crippen molar-refractivity contribution in [2.75, 3.05) is 0 Å². The van der Waals surface area contributed by atoms with E-state index in [2.05, 4.69) is 5.32 Å². The summed E-state index contributed by atoms with van der Waals surface area (Å²) >= 11 is 0. The number of carbonyl (C=O) groups excluding carboxylic acids is 2. The van der Waals surface area contributed by atoms with E-state index in [1.54, 1.807) is 27.7 Å². The average Bonchev–Trinajstić information content (AvgIpc) is 2.53. The maximum atomic E-state index is 12.2. The molecule has 0 saturated carbocycles. The van der Waals surface area contributed by atoms with Gasteiger partial charge in [-0.25, -0.2) is 4.79 Å². The van der Waals surface area contributed by atoms with Crippen molar-refractivity contribution < 1.29 is 14.3 Å². The van der Waals surface area contributed by atoms with E-state index in [9.17, 15) is 9.59 Å². The molecule has 0 heterocycles. The third-order valence-electron chi connectivity index (χ3n) is 3.57. The van der Waals surface area contributed by atoms with Crippen molar-refractivity contribution >= 4 is 12.4 Å². The molecular formula is C20H23NO3. The Morgan fingerprint density at radius 2 is 1.54 bits per heavy atom. The number of alkyl carbamates (subject to hydrolysis) is 1. The summed E-state index contributed by atoms with van der Waals surface area (Å²) in [7, 11) is 0. The lowest BCUT2D eigenvalue weighted by Gasteiger charge is -2.29. The fraction of sp³-hybridized carbons (Fsp3) is 0.300. The fourth-order valence-electron chi connectivity index (χ4n) is 2.48. The number of hydrogen-bond donors (Lipinski definition) is 1. The third-order valence-corrected chi connectivity index (χ3v) is 3.57. The Balaban J connectivity index is 2.41. The highest BCUT2D eigenvalue weighted by Gasteiger charge is 2.32. The van der Waals surface area contributed by atoms with Gasteiger partial charge in [0.15, 0.2) is 0 Å². The van der Waals surface area contributed by atoms with Gasteiger partial charge in [0.05, 0.1) is 0 Å². The first-order valence-electron chi connectivity index (χ1n) is 7.87. The quantitative estimate of drug-likeness (QED) is 0.853. The highest BCUT2D eigenvalue weighted by molar-refractivity contribution is 5.82. The van der Waals surface area contributed by atoms with Crippen molar-refractivity contribution in [2.45, 2.75) is 38.8 Å². The molecule has 2 rings (SSSR count). The number of amides is 1. The smallest absolute Gasteiger partial charge is 0.408 e. The number of rotatable bonds is 4. The van der Waals surface area contributed by atoms with E-state index in [-0.39, 0.29) is 0 Å². The molecule has 2 aromatic rings. The second kappa shape index (κ2) is 6.87. The summed E-state index contributed by atoms with van der Waals surface area (Å²) < 4.78 is 5.29. The molecule has 0 spiro atoms. The molecule has 4 heteroatoms. The first-order chi connectivity index (χ1) is 11.2. The van der Waals surface area contributed by atoms with Crippen LogP contribution in [-0.2, 0) is 15.1 Å². The predicted octanol–water partition coefficient (Wildman–Crippen LogP) is 4.29. The summed E-state index contributed by atoms with van der Waals surface area (Å²) in [6.07, 6.45) is 0.110. The van der Waals surface area contributed by atoms with Gasteiger partial charge in [0.2, 0.25) is 0 Å². The molecule has 0 bridgehead atoms. The van der Waals surface area contributed by atoms with Gasteiger partial charge in [-0.05, 0) is 44.4 Å². The molecule has 24 heavy (non-hydrogen) atoms. The van der Waals surface area contributed by atoms with Gasteiger partial charge in [-0.3, -0.25) is 0 Å². The lowest BCUT2D eigenvalue weighted by Crippen LogP contribution is -2.47. The lowest BCUT2D eigenvalue weighted by atomic mass is 9.86. The van der Waals surface area contributed by atoms with E-state index in [4.69, 9.17) is 4.74 Å². The molecule has 1 atom stereocenters. The van der Waals surface area contributed by atoms with Crippen molar-refractivity contribution in [3.05, 3.63) is 60.2 Å². The molecule has 0 aliphatic heterocycles. The van der Waals surface area contributed by atoms with E-state index in [0.717, 1.165) is 23.0 Å². The molecule has 0 radical (unpaired) electrons. The molecule has 0 saturated heterocycles. The standard InChI is InChI=1S/C20H23NO3/c1-19(2,3)24-18(23)21-20(4,14-22)17-13-9-8-12-16(17)15-10-6-5-7-11-15/h5-14H,1-4H3,(H,21,23). The predicted molar refractivity (Wildman–Crippen MR) is 94.7 cm³/mol. The van der Waals surface area contributed by atoms with E-state index in [1.807, 2.05) is 54.6 Å². The Labute approximate surface area is 142 Å². The van der Waals surface area contributed by atoms with Gasteiger partial charge >= 0.3 is 6.09 Å². The number of ether oxygens (including phenoxy) is 1. The summed E-state index contributed by atoms with van der Waals surface area (Å²) in [5.41, 5.74) is 0.773. The average molecular weight is 325 g/mol. The molecule has 0 fully saturated rings. The van der Waals surface area contributed by atoms with Crippen LogP contribution in [0.15, 0.2) is 54.6 Å². The van der Waals surface area contributed by atoms with Crippen LogP contribution in [0.4, 0.5) is 4.79 Å². The van der Waals surface area contributed by atoms with Crippen molar-refractivity contribution in [3.63, 3.8) is 0 Å². The monoisotopic (exact) mass is 325 g/mol. The molecule has 1 unspecified atom stereocenters. The maximum Gasteiger partial charge on any atom is 0.408 e. The summed E-state index contributed by atoms with van der Waals surface area (Å²) in [5, 5.41) is 2.70. The van der Waals surface area contributed by atoms with Crippen LogP contribution in [0.1, 0.15) is 33.3 Å². The summed E-state index contributed by atoms with van der Waals surface area (Å²) in [6.45, 7) is 7.01. The first-order valence-corrected chi connectivity index (χ1v) is 7.87. The molecule has 1 N–H and O–H groups in total. The zero-order chi connectivity index (χ0) is 17.8. The third kappa shape index (κ3) is 4.22. The van der Waals surface area contributed by atoms with Gasteiger partial charge < -0.3 is 14.8 Å². The van der Waals surface area contributed by atoms with E-state index in [1.165, 1.54) is 0 Å². The fourth-order valence-corrected chi connectivity index (χ4v) is 2.48. The maximum absolute atomic E-state index is 12.2. The van der Waals surface area contributed by atoms with Crippen molar-refractivity contribution in [2.24, 2.45) is 0 Å². The van der Waals surface area contributed by atoms with Gasteiger partial charge in [-0.2, -0.15) is 0 Å². The molecular weight excluding hydrogens is 302 g/mol. The SMILES string of the molecule is CC(C)(C)OC(=O)NC(C)(C=O)c1ccccc1-c1ccccc1. The largest absolute Gasteiger partial charge is 0.444 e. The van der Waals surface area contributed by atoms with Gasteiger partial charge in [0.25, 0.3) is 0 Å². The second-order valence-electron chi connectivity index (χ2n) is 6.86. The van der Waals surface area contributed by atoms with Crippen molar-refractivity contribution in [1.82, 2.24) is 5.32 Å². The lowest BCUT2D eigenvalue weighted by molar-refractivity contribution is -0.113. The Bertz CT molecular complexity index is 719. The Morgan fingerprint density at radius 3 is 2.12 bits per heavy atom. The van der Waals surface area contributed by atoms with Crippen LogP contribution in [0.5, 0.6) is 0 Å². The summed E-state index contributed by atoms with van der Waals surface area (Å²) in [4.78, 5) is 24.0. The minimum Gasteiger partial charge on any atom is -0.444 e. The van der Waals surface area contributed by atoms with Gasteiger partial charge in [0.1, 0.15) is 17.4 Å². The molecule has 2 aromatic carbocycles. The Hall–Kier alpha value is -2.62. The van der Waals surface area contributed by atoms with Crippen LogP contribution in [0.25, 0.3) is 11.1 Å². The number of carbonyl (C=O) groups is 2. The van der Waals surface area contributed by atoms with E-state index < -0.39 is 17.2 Å². The molecule has 0 aliphatic carbocycles. The zero-order valence-corrected chi connectivity index (χ0v) is 14.5. The topological polar surface area (TPSA) is 55.4 Å². The number of aldehydes is 1. The highest BCUT2D eigenvalue weighted by atomic mass is 16.6. The number of hydrogen-bond acceptors (Lipinski definition) is 3. The van der Waals surface area contributed by atoms with Crippen LogP contribution in [0.3, 0.4) is 0 Å². The number of nitrogens with one attached hydrogen (secondary N) is 1. The molecule has 0 aliphatic rings. The van der Waals surface area contributed by atoms with Gasteiger partial charge in [-0.15, -0.1) is 0 Å². The Kier molecular flexibility index (Phi) is 5.07.